The fourth-order valence-electron chi connectivity index (χ4n) is 1.89. The van der Waals surface area contributed by atoms with Crippen molar-refractivity contribution in [2.45, 2.75) is 17.9 Å². The summed E-state index contributed by atoms with van der Waals surface area (Å²) in [5.41, 5.74) is 0.916. The van der Waals surface area contributed by atoms with Crippen molar-refractivity contribution >= 4 is 15.8 Å². The fraction of sp³-hybridized carbons (Fsp3) is 0.286. The van der Waals surface area contributed by atoms with Crippen molar-refractivity contribution in [1.82, 2.24) is 9.55 Å². The van der Waals surface area contributed by atoms with Crippen molar-refractivity contribution in [3.8, 4) is 0 Å². The van der Waals surface area contributed by atoms with E-state index in [0.29, 0.717) is 12.2 Å². The number of aromatic nitrogens is 2. The van der Waals surface area contributed by atoms with Crippen LogP contribution in [0.5, 0.6) is 0 Å². The first-order chi connectivity index (χ1) is 9.90. The van der Waals surface area contributed by atoms with Crippen LogP contribution in [0.4, 0.5) is 0 Å². The zero-order chi connectivity index (χ0) is 15.5. The standard InChI is InChI=1S/C14H16N2O4S/c1-20-14(17)10-16-8-7-15-13(16)9-11-3-5-12(6-4-11)21(2,18)19/h3-8H,9-10H2,1-2H3. The summed E-state index contributed by atoms with van der Waals surface area (Å²) in [5.74, 6) is 0.370. The lowest BCUT2D eigenvalue weighted by Crippen LogP contribution is -2.13. The van der Waals surface area contributed by atoms with Crippen LogP contribution in [-0.4, -0.2) is 37.3 Å². The van der Waals surface area contributed by atoms with Gasteiger partial charge < -0.3 is 9.30 Å². The van der Waals surface area contributed by atoms with E-state index in [-0.39, 0.29) is 17.4 Å². The largest absolute Gasteiger partial charge is 0.468 e. The van der Waals surface area contributed by atoms with Crippen molar-refractivity contribution in [1.29, 1.82) is 0 Å². The SMILES string of the molecule is COC(=O)Cn1ccnc1Cc1ccc(S(C)(=O)=O)cc1. The van der Waals surface area contributed by atoms with Crippen molar-refractivity contribution in [3.63, 3.8) is 0 Å². The van der Waals surface area contributed by atoms with Crippen LogP contribution < -0.4 is 0 Å². The Morgan fingerprint density at radius 3 is 2.52 bits per heavy atom. The van der Waals surface area contributed by atoms with Crippen LogP contribution in [0.15, 0.2) is 41.6 Å². The zero-order valence-corrected chi connectivity index (χ0v) is 12.6. The summed E-state index contributed by atoms with van der Waals surface area (Å²) >= 11 is 0. The Balaban J connectivity index is 2.16. The molecule has 0 unspecified atom stereocenters. The van der Waals surface area contributed by atoms with E-state index in [0.717, 1.165) is 5.56 Å². The lowest BCUT2D eigenvalue weighted by molar-refractivity contribution is -0.141. The molecule has 6 nitrogen and oxygen atoms in total. The van der Waals surface area contributed by atoms with Crippen LogP contribution in [0.2, 0.25) is 0 Å². The number of rotatable bonds is 5. The van der Waals surface area contributed by atoms with Gasteiger partial charge in [-0.3, -0.25) is 4.79 Å². The summed E-state index contributed by atoms with van der Waals surface area (Å²) in [7, 11) is -1.85. The Labute approximate surface area is 123 Å². The molecule has 7 heteroatoms. The Hall–Kier alpha value is -2.15. The number of methoxy groups -OCH3 is 1. The summed E-state index contributed by atoms with van der Waals surface area (Å²) in [6, 6.07) is 6.62. The number of imidazole rings is 1. The second-order valence-electron chi connectivity index (χ2n) is 4.64. The van der Waals surface area contributed by atoms with Crippen molar-refractivity contribution in [3.05, 3.63) is 48.0 Å². The van der Waals surface area contributed by atoms with E-state index < -0.39 is 9.84 Å². The number of benzene rings is 1. The normalized spacial score (nSPS) is 11.3. The van der Waals surface area contributed by atoms with E-state index in [1.807, 2.05) is 0 Å². The van der Waals surface area contributed by atoms with Gasteiger partial charge in [0.05, 0.1) is 12.0 Å². The van der Waals surface area contributed by atoms with Crippen molar-refractivity contribution in [2.75, 3.05) is 13.4 Å². The number of ether oxygens (including phenoxy) is 1. The molecule has 0 saturated carbocycles. The summed E-state index contributed by atoms with van der Waals surface area (Å²) in [4.78, 5) is 15.8. The Bertz CT molecular complexity index is 733. The summed E-state index contributed by atoms with van der Waals surface area (Å²) in [5, 5.41) is 0. The quantitative estimate of drug-likeness (QED) is 0.772. The maximum absolute atomic E-state index is 11.4. The first kappa shape index (κ1) is 15.2. The maximum atomic E-state index is 11.4. The molecule has 0 aliphatic heterocycles. The van der Waals surface area contributed by atoms with E-state index >= 15 is 0 Å². The molecule has 21 heavy (non-hydrogen) atoms. The smallest absolute Gasteiger partial charge is 0.325 e. The Kier molecular flexibility index (Phi) is 4.42. The Morgan fingerprint density at radius 1 is 1.29 bits per heavy atom. The van der Waals surface area contributed by atoms with Gasteiger partial charge in [0.2, 0.25) is 0 Å². The number of esters is 1. The van der Waals surface area contributed by atoms with E-state index in [1.165, 1.54) is 13.4 Å². The molecule has 1 aromatic heterocycles. The fourth-order valence-corrected chi connectivity index (χ4v) is 2.52. The summed E-state index contributed by atoms with van der Waals surface area (Å²) in [6.07, 6.45) is 5.00. The highest BCUT2D eigenvalue weighted by Gasteiger charge is 2.10. The second-order valence-corrected chi connectivity index (χ2v) is 6.66. The molecule has 1 heterocycles. The van der Waals surface area contributed by atoms with Crippen molar-refractivity contribution < 1.29 is 17.9 Å². The molecular formula is C14H16N2O4S. The Morgan fingerprint density at radius 2 is 1.95 bits per heavy atom. The van der Waals surface area contributed by atoms with Gasteiger partial charge in [-0.25, -0.2) is 13.4 Å². The molecule has 112 valence electrons. The van der Waals surface area contributed by atoms with Gasteiger partial charge >= 0.3 is 5.97 Å². The highest BCUT2D eigenvalue weighted by molar-refractivity contribution is 7.90. The third kappa shape index (κ3) is 3.91. The van der Waals surface area contributed by atoms with Gasteiger partial charge in [-0.2, -0.15) is 0 Å². The molecule has 2 rings (SSSR count). The topological polar surface area (TPSA) is 78.3 Å². The van der Waals surface area contributed by atoms with Gasteiger partial charge in [-0.15, -0.1) is 0 Å². The van der Waals surface area contributed by atoms with E-state index in [9.17, 15) is 13.2 Å². The minimum absolute atomic E-state index is 0.104. The number of carbonyl (C=O) groups is 1. The lowest BCUT2D eigenvalue weighted by Gasteiger charge is -2.07. The van der Waals surface area contributed by atoms with Gasteiger partial charge in [0, 0.05) is 25.1 Å². The third-order valence-electron chi connectivity index (χ3n) is 3.04. The van der Waals surface area contributed by atoms with E-state index in [1.54, 1.807) is 41.2 Å². The molecule has 0 amide bonds. The first-order valence-electron chi connectivity index (χ1n) is 6.26. The molecule has 0 aliphatic rings. The van der Waals surface area contributed by atoms with Crippen LogP contribution in [0, 0.1) is 0 Å². The molecule has 0 atom stereocenters. The summed E-state index contributed by atoms with van der Waals surface area (Å²) < 4.78 is 29.1. The van der Waals surface area contributed by atoms with Gasteiger partial charge in [0.15, 0.2) is 9.84 Å². The lowest BCUT2D eigenvalue weighted by atomic mass is 10.1. The average Bonchev–Trinajstić information content (AvgIpc) is 2.85. The molecule has 0 saturated heterocycles. The molecule has 0 radical (unpaired) electrons. The van der Waals surface area contributed by atoms with E-state index in [4.69, 9.17) is 0 Å². The number of carbonyl (C=O) groups excluding carboxylic acids is 1. The zero-order valence-electron chi connectivity index (χ0n) is 11.8. The molecule has 0 bridgehead atoms. The minimum atomic E-state index is -3.19. The maximum Gasteiger partial charge on any atom is 0.325 e. The average molecular weight is 308 g/mol. The molecular weight excluding hydrogens is 292 g/mol. The molecule has 0 N–H and O–H groups in total. The number of hydrogen-bond acceptors (Lipinski definition) is 5. The van der Waals surface area contributed by atoms with Crippen LogP contribution in [-0.2, 0) is 32.3 Å². The molecule has 2 aromatic rings. The molecule has 0 aliphatic carbocycles. The third-order valence-corrected chi connectivity index (χ3v) is 4.17. The monoisotopic (exact) mass is 308 g/mol. The van der Waals surface area contributed by atoms with Gasteiger partial charge in [0.25, 0.3) is 0 Å². The van der Waals surface area contributed by atoms with Gasteiger partial charge in [-0.05, 0) is 17.7 Å². The minimum Gasteiger partial charge on any atom is -0.468 e. The molecule has 0 fully saturated rings. The van der Waals surface area contributed by atoms with Crippen LogP contribution >= 0.6 is 0 Å². The predicted octanol–water partition coefficient (Wildman–Crippen LogP) is 1.05. The second kappa shape index (κ2) is 6.09. The predicted molar refractivity (Wildman–Crippen MR) is 76.6 cm³/mol. The van der Waals surface area contributed by atoms with Crippen LogP contribution in [0.3, 0.4) is 0 Å². The van der Waals surface area contributed by atoms with Crippen LogP contribution in [0.25, 0.3) is 0 Å². The number of sulfone groups is 1. The molecule has 1 aromatic carbocycles. The van der Waals surface area contributed by atoms with Gasteiger partial charge in [0.1, 0.15) is 12.4 Å². The molecule has 0 spiro atoms. The van der Waals surface area contributed by atoms with Crippen molar-refractivity contribution in [2.24, 2.45) is 0 Å². The van der Waals surface area contributed by atoms with Crippen LogP contribution in [0.1, 0.15) is 11.4 Å². The summed E-state index contributed by atoms with van der Waals surface area (Å²) in [6.45, 7) is 0.104. The highest BCUT2D eigenvalue weighted by Crippen LogP contribution is 2.13. The first-order valence-corrected chi connectivity index (χ1v) is 8.15. The number of nitrogens with zero attached hydrogens (tertiary/aromatic N) is 2. The highest BCUT2D eigenvalue weighted by atomic mass is 32.2. The number of hydrogen-bond donors (Lipinski definition) is 0. The van der Waals surface area contributed by atoms with E-state index in [2.05, 4.69) is 9.72 Å². The van der Waals surface area contributed by atoms with Gasteiger partial charge in [-0.1, -0.05) is 12.1 Å².